The van der Waals surface area contributed by atoms with Crippen molar-refractivity contribution in [1.29, 1.82) is 0 Å². The molecule has 30 heavy (non-hydrogen) atoms. The lowest BCUT2D eigenvalue weighted by molar-refractivity contribution is 0.0985. The van der Waals surface area contributed by atoms with Crippen LogP contribution in [0.25, 0.3) is 10.2 Å². The fraction of sp³-hybridized carbons (Fsp3) is 0.364. The Morgan fingerprint density at radius 3 is 2.27 bits per heavy atom. The number of nitrogens with zero attached hydrogens (tertiary/aromatic N) is 3. The Morgan fingerprint density at radius 2 is 1.67 bits per heavy atom. The largest absolute Gasteiger partial charge is 0.495 e. The van der Waals surface area contributed by atoms with Crippen LogP contribution < -0.4 is 19.1 Å². The molecule has 0 unspecified atom stereocenters. The Balaban J connectivity index is 2.01. The minimum absolute atomic E-state index is 0.114. The lowest BCUT2D eigenvalue weighted by atomic mass is 10.2. The summed E-state index contributed by atoms with van der Waals surface area (Å²) in [5, 5.41) is 0.605. The van der Waals surface area contributed by atoms with Gasteiger partial charge >= 0.3 is 0 Å². The first-order chi connectivity index (χ1) is 14.5. The van der Waals surface area contributed by atoms with Gasteiger partial charge in [0.15, 0.2) is 5.13 Å². The van der Waals surface area contributed by atoms with Crippen LogP contribution in [0, 0.1) is 0 Å². The van der Waals surface area contributed by atoms with Crippen molar-refractivity contribution in [2.45, 2.75) is 6.92 Å². The minimum Gasteiger partial charge on any atom is -0.495 e. The second kappa shape index (κ2) is 9.77. The Hall–Kier alpha value is -2.84. The van der Waals surface area contributed by atoms with Gasteiger partial charge in [0, 0.05) is 18.7 Å². The number of carbonyl (C=O) groups is 1. The number of hydrogen-bond donors (Lipinski definition) is 0. The summed E-state index contributed by atoms with van der Waals surface area (Å²) in [4.78, 5) is 21.9. The highest BCUT2D eigenvalue weighted by Crippen LogP contribution is 2.40. The smallest absolute Gasteiger partial charge is 0.260 e. The number of anilines is 1. The van der Waals surface area contributed by atoms with Crippen LogP contribution >= 0.6 is 11.3 Å². The van der Waals surface area contributed by atoms with E-state index < -0.39 is 0 Å². The molecule has 1 aromatic heterocycles. The summed E-state index contributed by atoms with van der Waals surface area (Å²) in [6, 6.07) is 10.9. The Labute approximate surface area is 180 Å². The number of thiazole rings is 1. The molecule has 0 fully saturated rings. The van der Waals surface area contributed by atoms with E-state index in [-0.39, 0.29) is 5.91 Å². The highest BCUT2D eigenvalue weighted by atomic mass is 32.1. The summed E-state index contributed by atoms with van der Waals surface area (Å²) in [5.41, 5.74) is 1.27. The number of aromatic nitrogens is 1. The molecule has 0 atom stereocenters. The van der Waals surface area contributed by atoms with Gasteiger partial charge in [-0.05, 0) is 57.4 Å². The highest BCUT2D eigenvalue weighted by molar-refractivity contribution is 7.22. The van der Waals surface area contributed by atoms with E-state index in [1.54, 1.807) is 31.3 Å². The maximum atomic E-state index is 13.4. The van der Waals surface area contributed by atoms with Gasteiger partial charge in [0.25, 0.3) is 5.91 Å². The molecule has 8 heteroatoms. The van der Waals surface area contributed by atoms with Crippen LogP contribution in [0.15, 0.2) is 36.4 Å². The zero-order chi connectivity index (χ0) is 21.7. The van der Waals surface area contributed by atoms with E-state index in [1.165, 1.54) is 11.3 Å². The monoisotopic (exact) mass is 429 g/mol. The Morgan fingerprint density at radius 1 is 1.00 bits per heavy atom. The zero-order valence-electron chi connectivity index (χ0n) is 18.0. The molecule has 0 bridgehead atoms. The first-order valence-corrected chi connectivity index (χ1v) is 10.5. The molecule has 3 rings (SSSR count). The van der Waals surface area contributed by atoms with Gasteiger partial charge in [0.1, 0.15) is 27.5 Å². The van der Waals surface area contributed by atoms with E-state index in [0.29, 0.717) is 47.4 Å². The Kier molecular flexibility index (Phi) is 7.12. The third-order valence-electron chi connectivity index (χ3n) is 4.56. The van der Waals surface area contributed by atoms with Crippen LogP contribution in [0.5, 0.6) is 17.2 Å². The molecule has 0 saturated carbocycles. The molecule has 160 valence electrons. The lowest BCUT2D eigenvalue weighted by Gasteiger charge is -2.22. The second-order valence-corrected chi connectivity index (χ2v) is 7.84. The molecule has 0 radical (unpaired) electrons. The minimum atomic E-state index is -0.114. The van der Waals surface area contributed by atoms with Gasteiger partial charge in [0.2, 0.25) is 0 Å². The molecule has 2 aromatic carbocycles. The van der Waals surface area contributed by atoms with Gasteiger partial charge < -0.3 is 19.1 Å². The number of carbonyl (C=O) groups excluding carboxylic acids is 1. The number of amides is 1. The van der Waals surface area contributed by atoms with Crippen LogP contribution in [0.1, 0.15) is 17.3 Å². The topological polar surface area (TPSA) is 64.1 Å². The molecule has 0 spiro atoms. The van der Waals surface area contributed by atoms with Crippen LogP contribution in [0.4, 0.5) is 5.13 Å². The zero-order valence-corrected chi connectivity index (χ0v) is 18.8. The third-order valence-corrected chi connectivity index (χ3v) is 5.65. The molecule has 1 heterocycles. The van der Waals surface area contributed by atoms with Crippen molar-refractivity contribution in [2.24, 2.45) is 0 Å². The predicted octanol–water partition coefficient (Wildman–Crippen LogP) is 3.92. The first-order valence-electron chi connectivity index (χ1n) is 9.69. The third kappa shape index (κ3) is 4.66. The lowest BCUT2D eigenvalue weighted by Crippen LogP contribution is -2.36. The SMILES string of the molecule is CCOc1ccc(C(=O)N(CCN(C)C)c2nc3c(OC)ccc(OC)c3s2)cc1. The summed E-state index contributed by atoms with van der Waals surface area (Å²) >= 11 is 1.42. The molecule has 7 nitrogen and oxygen atoms in total. The van der Waals surface area contributed by atoms with Gasteiger partial charge in [-0.2, -0.15) is 0 Å². The average Bonchev–Trinajstić information content (AvgIpc) is 3.18. The molecule has 0 aliphatic heterocycles. The van der Waals surface area contributed by atoms with E-state index in [0.717, 1.165) is 10.4 Å². The number of benzene rings is 2. The van der Waals surface area contributed by atoms with Crippen LogP contribution in [-0.4, -0.2) is 63.8 Å². The van der Waals surface area contributed by atoms with E-state index in [1.807, 2.05) is 50.2 Å². The quantitative estimate of drug-likeness (QED) is 0.514. The molecule has 0 N–H and O–H groups in total. The predicted molar refractivity (Wildman–Crippen MR) is 121 cm³/mol. The van der Waals surface area contributed by atoms with Gasteiger partial charge in [-0.1, -0.05) is 11.3 Å². The molecule has 3 aromatic rings. The molecule has 1 amide bonds. The van der Waals surface area contributed by atoms with Crippen molar-refractivity contribution in [3.8, 4) is 17.2 Å². The van der Waals surface area contributed by atoms with Gasteiger partial charge in [-0.3, -0.25) is 9.69 Å². The van der Waals surface area contributed by atoms with Crippen molar-refractivity contribution in [3.63, 3.8) is 0 Å². The number of fused-ring (bicyclic) bond motifs is 1. The van der Waals surface area contributed by atoms with Gasteiger partial charge in [0.05, 0.1) is 20.8 Å². The van der Waals surface area contributed by atoms with Crippen molar-refractivity contribution < 1.29 is 19.0 Å². The van der Waals surface area contributed by atoms with Crippen LogP contribution in [-0.2, 0) is 0 Å². The fourth-order valence-corrected chi connectivity index (χ4v) is 4.09. The van der Waals surface area contributed by atoms with E-state index in [9.17, 15) is 4.79 Å². The van der Waals surface area contributed by atoms with E-state index >= 15 is 0 Å². The number of ether oxygens (including phenoxy) is 3. The summed E-state index contributed by atoms with van der Waals surface area (Å²) < 4.78 is 17.3. The molecule has 0 aliphatic carbocycles. The highest BCUT2D eigenvalue weighted by Gasteiger charge is 2.23. The van der Waals surface area contributed by atoms with Crippen LogP contribution in [0.2, 0.25) is 0 Å². The van der Waals surface area contributed by atoms with Crippen molar-refractivity contribution >= 4 is 32.6 Å². The van der Waals surface area contributed by atoms with Crippen molar-refractivity contribution in [3.05, 3.63) is 42.0 Å². The van der Waals surface area contributed by atoms with E-state index in [2.05, 4.69) is 0 Å². The summed E-state index contributed by atoms with van der Waals surface area (Å²) in [5.74, 6) is 1.98. The maximum absolute atomic E-state index is 13.4. The summed E-state index contributed by atoms with van der Waals surface area (Å²) in [6.07, 6.45) is 0. The van der Waals surface area contributed by atoms with Crippen molar-refractivity contribution in [1.82, 2.24) is 9.88 Å². The second-order valence-electron chi connectivity index (χ2n) is 6.86. The summed E-state index contributed by atoms with van der Waals surface area (Å²) in [7, 11) is 7.18. The van der Waals surface area contributed by atoms with Crippen LogP contribution in [0.3, 0.4) is 0 Å². The molecule has 0 saturated heterocycles. The van der Waals surface area contributed by atoms with E-state index in [4.69, 9.17) is 19.2 Å². The molecule has 0 aliphatic rings. The van der Waals surface area contributed by atoms with Crippen molar-refractivity contribution in [2.75, 3.05) is 52.9 Å². The number of methoxy groups -OCH3 is 2. The normalized spacial score (nSPS) is 11.0. The average molecular weight is 430 g/mol. The standard InChI is InChI=1S/C22H27N3O4S/c1-6-29-16-9-7-15(8-10-16)21(26)25(14-13-24(2)3)22-23-19-17(27-4)11-12-18(28-5)20(19)30-22/h7-12H,6,13-14H2,1-5H3. The maximum Gasteiger partial charge on any atom is 0.260 e. The number of rotatable bonds is 9. The van der Waals surface area contributed by atoms with Gasteiger partial charge in [-0.25, -0.2) is 4.98 Å². The number of hydrogen-bond acceptors (Lipinski definition) is 7. The molecular weight excluding hydrogens is 402 g/mol. The molecular formula is C22H27N3O4S. The summed E-state index contributed by atoms with van der Waals surface area (Å²) in [6.45, 7) is 3.71. The Bertz CT molecular complexity index is 961. The first kappa shape index (κ1) is 21.9. The van der Waals surface area contributed by atoms with Gasteiger partial charge in [-0.15, -0.1) is 0 Å². The number of likely N-dealkylation sites (N-methyl/N-ethyl adjacent to an activating group) is 1. The fourth-order valence-electron chi connectivity index (χ4n) is 2.99.